The number of ether oxygens (including phenoxy) is 1. The molecule has 3 N–H and O–H groups in total. The Hall–Kier alpha value is -2.34. The summed E-state index contributed by atoms with van der Waals surface area (Å²) in [5.74, 6) is -0.505. The Kier molecular flexibility index (Phi) is 6.65. The largest absolute Gasteiger partial charge is 0.504 e. The van der Waals surface area contributed by atoms with Gasteiger partial charge in [-0.3, -0.25) is 9.59 Å². The van der Waals surface area contributed by atoms with E-state index in [9.17, 15) is 9.90 Å². The Morgan fingerprint density at radius 2 is 1.93 bits per heavy atom. The molecule has 0 spiro atoms. The summed E-state index contributed by atoms with van der Waals surface area (Å²) in [6.07, 6.45) is 7.54. The van der Waals surface area contributed by atoms with Gasteiger partial charge in [-0.25, -0.2) is 0 Å². The number of nitrogens with one attached hydrogen (secondary N) is 1. The maximum Gasteiger partial charge on any atom is 0.308 e. The zero-order valence-corrected chi connectivity index (χ0v) is 16.4. The first kappa shape index (κ1) is 21.0. The van der Waals surface area contributed by atoms with Gasteiger partial charge in [0.2, 0.25) is 0 Å². The number of phenols is 1. The molecule has 6 heteroatoms. The molecule has 2 aliphatic rings. The van der Waals surface area contributed by atoms with Gasteiger partial charge in [0.1, 0.15) is 0 Å². The van der Waals surface area contributed by atoms with E-state index in [0.717, 1.165) is 43.9 Å². The number of hydrogen-bond acceptors (Lipinski definition) is 5. The lowest BCUT2D eigenvalue weighted by molar-refractivity contribution is -0.134. The van der Waals surface area contributed by atoms with Gasteiger partial charge < -0.3 is 20.3 Å². The molecule has 27 heavy (non-hydrogen) atoms. The highest BCUT2D eigenvalue weighted by molar-refractivity contribution is 5.71. The summed E-state index contributed by atoms with van der Waals surface area (Å²) in [5, 5.41) is 21.8. The lowest BCUT2D eigenvalue weighted by Gasteiger charge is -2.49. The van der Waals surface area contributed by atoms with E-state index in [4.69, 9.17) is 14.6 Å². The van der Waals surface area contributed by atoms with Crippen molar-refractivity contribution in [3.63, 3.8) is 0 Å². The van der Waals surface area contributed by atoms with Gasteiger partial charge in [-0.05, 0) is 51.3 Å². The fourth-order valence-electron chi connectivity index (χ4n) is 4.48. The number of carboxylic acid groups (broad SMARTS) is 1. The summed E-state index contributed by atoms with van der Waals surface area (Å²) in [5.41, 5.74) is 1.93. The van der Waals surface area contributed by atoms with E-state index in [1.165, 1.54) is 6.92 Å². The molecular weight excluding hydrogens is 346 g/mol. The van der Waals surface area contributed by atoms with Gasteiger partial charge in [0.25, 0.3) is 5.97 Å². The van der Waals surface area contributed by atoms with Crippen molar-refractivity contribution in [3.05, 3.63) is 35.4 Å². The molecule has 1 saturated heterocycles. The van der Waals surface area contributed by atoms with Crippen LogP contribution in [0.2, 0.25) is 0 Å². The van der Waals surface area contributed by atoms with Gasteiger partial charge in [0.15, 0.2) is 11.5 Å². The Morgan fingerprint density at radius 3 is 2.56 bits per heavy atom. The van der Waals surface area contributed by atoms with Crippen LogP contribution < -0.4 is 10.1 Å². The van der Waals surface area contributed by atoms with Crippen molar-refractivity contribution in [3.8, 4) is 11.5 Å². The zero-order valence-electron chi connectivity index (χ0n) is 16.4. The summed E-state index contributed by atoms with van der Waals surface area (Å²) in [6, 6.07) is 3.99. The lowest BCUT2D eigenvalue weighted by atomic mass is 9.58. The molecule has 0 aromatic heterocycles. The van der Waals surface area contributed by atoms with Gasteiger partial charge >= 0.3 is 5.97 Å². The number of aromatic hydroxyl groups is 1. The summed E-state index contributed by atoms with van der Waals surface area (Å²) >= 11 is 0. The number of aryl methyl sites for hydroxylation is 1. The van der Waals surface area contributed by atoms with E-state index < -0.39 is 11.9 Å². The van der Waals surface area contributed by atoms with Crippen molar-refractivity contribution in [1.82, 2.24) is 5.32 Å². The summed E-state index contributed by atoms with van der Waals surface area (Å²) in [4.78, 5) is 20.3. The van der Waals surface area contributed by atoms with Crippen molar-refractivity contribution < 1.29 is 24.5 Å². The van der Waals surface area contributed by atoms with Crippen molar-refractivity contribution in [2.75, 3.05) is 6.54 Å². The van der Waals surface area contributed by atoms with Crippen LogP contribution in [-0.4, -0.2) is 34.7 Å². The van der Waals surface area contributed by atoms with Gasteiger partial charge in [-0.15, -0.1) is 0 Å². The number of phenolic OH excluding ortho intramolecular Hbond substituents is 1. The number of carbonyl (C=O) groups excluding carboxylic acids is 1. The molecule has 148 valence electrons. The predicted octanol–water partition coefficient (Wildman–Crippen LogP) is 3.30. The molecule has 1 heterocycles. The lowest BCUT2D eigenvalue weighted by Crippen LogP contribution is -2.53. The van der Waals surface area contributed by atoms with Crippen LogP contribution in [0.1, 0.15) is 51.2 Å². The van der Waals surface area contributed by atoms with Gasteiger partial charge in [-0.2, -0.15) is 0 Å². The SMILES string of the molecule is CC(=O)O.CC(=O)Oc1ccc(C)c(C23CCC=CC2C(C)NCC3)c1O. The molecule has 3 rings (SSSR count). The molecule has 1 aliphatic carbocycles. The average molecular weight is 375 g/mol. The fourth-order valence-corrected chi connectivity index (χ4v) is 4.48. The maximum absolute atomic E-state index is 11.3. The van der Waals surface area contributed by atoms with E-state index in [1.54, 1.807) is 6.07 Å². The number of carbonyl (C=O) groups is 2. The molecule has 1 aliphatic heterocycles. The van der Waals surface area contributed by atoms with Crippen LogP contribution in [0.4, 0.5) is 0 Å². The first-order valence-corrected chi connectivity index (χ1v) is 9.30. The highest BCUT2D eigenvalue weighted by atomic mass is 16.5. The van der Waals surface area contributed by atoms with Crippen molar-refractivity contribution in [2.45, 2.75) is 58.4 Å². The maximum atomic E-state index is 11.3. The molecular formula is C21H29NO5. The van der Waals surface area contributed by atoms with Crippen molar-refractivity contribution in [1.29, 1.82) is 0 Å². The van der Waals surface area contributed by atoms with Crippen LogP contribution in [0.5, 0.6) is 11.5 Å². The minimum absolute atomic E-state index is 0.0935. The minimum Gasteiger partial charge on any atom is -0.504 e. The second-order valence-corrected chi connectivity index (χ2v) is 7.36. The van der Waals surface area contributed by atoms with Crippen LogP contribution in [0.25, 0.3) is 0 Å². The standard InChI is InChI=1S/C19H25NO3.C2H4O2/c1-12-7-8-16(23-14(3)21)18(22)17(12)19-9-5-4-6-15(19)13(2)20-11-10-19;1-2(3)4/h4,6-8,13,15,20,22H,5,9-11H2,1-3H3;1H3,(H,3,4). The number of carboxylic acids is 1. The Balaban J connectivity index is 0.000000596. The van der Waals surface area contributed by atoms with Crippen LogP contribution in [-0.2, 0) is 15.0 Å². The number of hydrogen-bond donors (Lipinski definition) is 3. The second kappa shape index (κ2) is 8.57. The van der Waals surface area contributed by atoms with E-state index in [0.29, 0.717) is 12.0 Å². The van der Waals surface area contributed by atoms with Crippen LogP contribution in [0.3, 0.4) is 0 Å². The number of rotatable bonds is 2. The average Bonchev–Trinajstić information content (AvgIpc) is 2.57. The third-order valence-electron chi connectivity index (χ3n) is 5.42. The second-order valence-electron chi connectivity index (χ2n) is 7.36. The zero-order chi connectivity index (χ0) is 20.2. The number of fused-ring (bicyclic) bond motifs is 1. The summed E-state index contributed by atoms with van der Waals surface area (Å²) in [6.45, 7) is 7.61. The van der Waals surface area contributed by atoms with Crippen LogP contribution in [0, 0.1) is 12.8 Å². The van der Waals surface area contributed by atoms with Gasteiger partial charge in [-0.1, -0.05) is 18.2 Å². The molecule has 3 unspecified atom stereocenters. The highest BCUT2D eigenvalue weighted by Crippen LogP contribution is 2.52. The normalized spacial score (nSPS) is 26.4. The first-order chi connectivity index (χ1) is 12.7. The van der Waals surface area contributed by atoms with E-state index in [1.807, 2.05) is 13.0 Å². The molecule has 1 aromatic carbocycles. The molecule has 0 radical (unpaired) electrons. The number of aliphatic carboxylic acids is 1. The Morgan fingerprint density at radius 1 is 1.26 bits per heavy atom. The van der Waals surface area contributed by atoms with E-state index >= 15 is 0 Å². The van der Waals surface area contributed by atoms with Gasteiger partial charge in [0, 0.05) is 36.8 Å². The monoisotopic (exact) mass is 375 g/mol. The number of allylic oxidation sites excluding steroid dienone is 1. The van der Waals surface area contributed by atoms with Crippen LogP contribution in [0.15, 0.2) is 24.3 Å². The fraction of sp³-hybridized carbons (Fsp3) is 0.524. The topological polar surface area (TPSA) is 95.9 Å². The van der Waals surface area contributed by atoms with E-state index in [2.05, 4.69) is 24.4 Å². The Labute approximate surface area is 160 Å². The number of benzene rings is 1. The molecule has 0 bridgehead atoms. The quantitative estimate of drug-likeness (QED) is 0.417. The van der Waals surface area contributed by atoms with Crippen molar-refractivity contribution in [2.24, 2.45) is 5.92 Å². The molecule has 1 aromatic rings. The van der Waals surface area contributed by atoms with Crippen LogP contribution >= 0.6 is 0 Å². The molecule has 6 nitrogen and oxygen atoms in total. The number of esters is 1. The first-order valence-electron chi connectivity index (χ1n) is 9.30. The molecule has 0 amide bonds. The third kappa shape index (κ3) is 4.50. The summed E-state index contributed by atoms with van der Waals surface area (Å²) < 4.78 is 5.21. The minimum atomic E-state index is -0.833. The smallest absolute Gasteiger partial charge is 0.308 e. The molecule has 1 fully saturated rings. The van der Waals surface area contributed by atoms with Crippen molar-refractivity contribution >= 4 is 11.9 Å². The highest BCUT2D eigenvalue weighted by Gasteiger charge is 2.47. The summed E-state index contributed by atoms with van der Waals surface area (Å²) in [7, 11) is 0. The van der Waals surface area contributed by atoms with Gasteiger partial charge in [0.05, 0.1) is 0 Å². The third-order valence-corrected chi connectivity index (χ3v) is 5.42. The molecule has 3 atom stereocenters. The predicted molar refractivity (Wildman–Crippen MR) is 103 cm³/mol. The Bertz CT molecular complexity index is 738. The van der Waals surface area contributed by atoms with E-state index in [-0.39, 0.29) is 16.9 Å². The number of piperidine rings is 1. The molecule has 0 saturated carbocycles.